The molecule has 0 saturated heterocycles. The highest BCUT2D eigenvalue weighted by Gasteiger charge is 2.17. The Bertz CT molecular complexity index is 2830. The van der Waals surface area contributed by atoms with Crippen LogP contribution in [0.2, 0.25) is 0 Å². The maximum atomic E-state index is 6.22. The van der Waals surface area contributed by atoms with E-state index in [4.69, 9.17) is 4.42 Å². The van der Waals surface area contributed by atoms with Gasteiger partial charge < -0.3 is 9.32 Å². The molecule has 2 heterocycles. The lowest BCUT2D eigenvalue weighted by Gasteiger charge is -2.26. The SMILES string of the molecule is c1ccc(-c2ccc(N(c3cccc(-c4cccc5sc6ccccc6c45)c3)c3ccc4cc5oc6ccccc6c5cc4c3)cc2)cc1. The summed E-state index contributed by atoms with van der Waals surface area (Å²) in [5, 5.41) is 7.23. The summed E-state index contributed by atoms with van der Waals surface area (Å²) in [5.74, 6) is 0. The van der Waals surface area contributed by atoms with E-state index < -0.39 is 0 Å². The summed E-state index contributed by atoms with van der Waals surface area (Å²) in [6, 6.07) is 63.4. The molecule has 0 atom stereocenters. The molecule has 230 valence electrons. The Kier molecular flexibility index (Phi) is 6.39. The number of hydrogen-bond acceptors (Lipinski definition) is 3. The van der Waals surface area contributed by atoms with Crippen LogP contribution in [-0.2, 0) is 0 Å². The highest BCUT2D eigenvalue weighted by Crippen LogP contribution is 2.43. The molecule has 2 aromatic heterocycles. The standard InChI is InChI=1S/C46H29NOS/c1-2-10-30(11-3-1)31-20-23-35(24-21-31)47(37-25-22-32-29-43-41(28-34(32)27-37)39-14-4-6-17-42(39)48-43)36-13-8-12-33(26-36)38-16-9-19-45-46(38)40-15-5-7-18-44(40)49-45/h1-29H. The molecule has 0 unspecified atom stereocenters. The van der Waals surface area contributed by atoms with Crippen LogP contribution in [-0.4, -0.2) is 0 Å². The molecule has 0 spiro atoms. The van der Waals surface area contributed by atoms with E-state index in [1.54, 1.807) is 0 Å². The van der Waals surface area contributed by atoms with E-state index in [0.29, 0.717) is 0 Å². The summed E-state index contributed by atoms with van der Waals surface area (Å²) in [4.78, 5) is 2.38. The minimum Gasteiger partial charge on any atom is -0.456 e. The number of rotatable bonds is 5. The second-order valence-corrected chi connectivity index (χ2v) is 13.6. The van der Waals surface area contributed by atoms with E-state index in [1.807, 2.05) is 23.5 Å². The van der Waals surface area contributed by atoms with Crippen LogP contribution in [0.4, 0.5) is 17.1 Å². The van der Waals surface area contributed by atoms with Gasteiger partial charge in [-0.05, 0) is 99.8 Å². The molecular weight excluding hydrogens is 615 g/mol. The Morgan fingerprint density at radius 3 is 1.98 bits per heavy atom. The first-order chi connectivity index (χ1) is 24.3. The van der Waals surface area contributed by atoms with E-state index in [2.05, 4.69) is 169 Å². The highest BCUT2D eigenvalue weighted by molar-refractivity contribution is 7.25. The topological polar surface area (TPSA) is 16.4 Å². The van der Waals surface area contributed by atoms with Crippen LogP contribution in [0, 0.1) is 0 Å². The number of benzene rings is 8. The van der Waals surface area contributed by atoms with Gasteiger partial charge in [0.25, 0.3) is 0 Å². The van der Waals surface area contributed by atoms with Gasteiger partial charge in [0.15, 0.2) is 0 Å². The fourth-order valence-electron chi connectivity index (χ4n) is 7.30. The predicted octanol–water partition coefficient (Wildman–Crippen LogP) is 13.9. The lowest BCUT2D eigenvalue weighted by Crippen LogP contribution is -2.10. The van der Waals surface area contributed by atoms with Crippen LogP contribution >= 0.6 is 11.3 Å². The van der Waals surface area contributed by atoms with Gasteiger partial charge in [0.2, 0.25) is 0 Å². The Morgan fingerprint density at radius 1 is 0.388 bits per heavy atom. The number of fused-ring (bicyclic) bond motifs is 7. The van der Waals surface area contributed by atoms with E-state index >= 15 is 0 Å². The molecule has 0 aliphatic carbocycles. The molecule has 10 aromatic rings. The van der Waals surface area contributed by atoms with Crippen molar-refractivity contribution in [3.8, 4) is 22.3 Å². The average Bonchev–Trinajstić information content (AvgIpc) is 3.73. The molecular formula is C46H29NOS. The van der Waals surface area contributed by atoms with Crippen molar-refractivity contribution in [1.82, 2.24) is 0 Å². The van der Waals surface area contributed by atoms with Crippen molar-refractivity contribution in [3.63, 3.8) is 0 Å². The van der Waals surface area contributed by atoms with Crippen molar-refractivity contribution in [3.05, 3.63) is 176 Å². The van der Waals surface area contributed by atoms with Gasteiger partial charge in [0, 0.05) is 48.0 Å². The zero-order valence-corrected chi connectivity index (χ0v) is 27.3. The van der Waals surface area contributed by atoms with Crippen LogP contribution < -0.4 is 4.90 Å². The highest BCUT2D eigenvalue weighted by atomic mass is 32.1. The van der Waals surface area contributed by atoms with Gasteiger partial charge in [-0.2, -0.15) is 0 Å². The minimum atomic E-state index is 0.914. The second-order valence-electron chi connectivity index (χ2n) is 12.6. The molecule has 0 bridgehead atoms. The lowest BCUT2D eigenvalue weighted by molar-refractivity contribution is 0.669. The first kappa shape index (κ1) is 27.9. The van der Waals surface area contributed by atoms with Gasteiger partial charge >= 0.3 is 0 Å². The molecule has 0 aliphatic heterocycles. The summed E-state index contributed by atoms with van der Waals surface area (Å²) in [6.45, 7) is 0. The largest absolute Gasteiger partial charge is 0.456 e. The smallest absolute Gasteiger partial charge is 0.136 e. The van der Waals surface area contributed by atoms with Gasteiger partial charge in [-0.25, -0.2) is 0 Å². The number of nitrogens with zero attached hydrogens (tertiary/aromatic N) is 1. The van der Waals surface area contributed by atoms with Crippen LogP contribution in [0.5, 0.6) is 0 Å². The number of furan rings is 1. The van der Waals surface area contributed by atoms with Crippen molar-refractivity contribution < 1.29 is 4.42 Å². The molecule has 3 heteroatoms. The van der Waals surface area contributed by atoms with Crippen molar-refractivity contribution >= 4 is 81.3 Å². The molecule has 0 saturated carbocycles. The van der Waals surface area contributed by atoms with Crippen molar-refractivity contribution in [2.45, 2.75) is 0 Å². The molecule has 0 amide bonds. The van der Waals surface area contributed by atoms with Crippen LogP contribution in [0.25, 0.3) is 75.1 Å². The third-order valence-electron chi connectivity index (χ3n) is 9.63. The number of anilines is 3. The van der Waals surface area contributed by atoms with Gasteiger partial charge in [0.05, 0.1) is 0 Å². The van der Waals surface area contributed by atoms with Gasteiger partial charge in [-0.1, -0.05) is 109 Å². The third-order valence-corrected chi connectivity index (χ3v) is 10.8. The van der Waals surface area contributed by atoms with E-state index in [0.717, 1.165) is 44.4 Å². The average molecular weight is 644 g/mol. The molecule has 0 N–H and O–H groups in total. The first-order valence-electron chi connectivity index (χ1n) is 16.6. The predicted molar refractivity (Wildman–Crippen MR) is 210 cm³/mol. The zero-order chi connectivity index (χ0) is 32.3. The Balaban J connectivity index is 1.15. The van der Waals surface area contributed by atoms with E-state index in [9.17, 15) is 0 Å². The van der Waals surface area contributed by atoms with Crippen molar-refractivity contribution in [2.24, 2.45) is 0 Å². The summed E-state index contributed by atoms with van der Waals surface area (Å²) in [5.41, 5.74) is 10.00. The first-order valence-corrected chi connectivity index (χ1v) is 17.4. The number of hydrogen-bond donors (Lipinski definition) is 0. The number of thiophene rings is 1. The number of para-hydroxylation sites is 1. The third kappa shape index (κ3) is 4.70. The lowest BCUT2D eigenvalue weighted by atomic mass is 9.98. The quantitative estimate of drug-likeness (QED) is 0.186. The van der Waals surface area contributed by atoms with Gasteiger partial charge in [-0.15, -0.1) is 11.3 Å². The Hall–Kier alpha value is -6.16. The van der Waals surface area contributed by atoms with Crippen molar-refractivity contribution in [2.75, 3.05) is 4.90 Å². The van der Waals surface area contributed by atoms with Crippen LogP contribution in [0.15, 0.2) is 180 Å². The fraction of sp³-hybridized carbons (Fsp3) is 0. The molecule has 0 radical (unpaired) electrons. The van der Waals surface area contributed by atoms with Gasteiger partial charge in [-0.3, -0.25) is 0 Å². The summed E-state index contributed by atoms with van der Waals surface area (Å²) >= 11 is 1.86. The Labute approximate surface area is 287 Å². The molecule has 0 aliphatic rings. The maximum Gasteiger partial charge on any atom is 0.136 e. The summed E-state index contributed by atoms with van der Waals surface area (Å²) < 4.78 is 8.85. The second kappa shape index (κ2) is 11.2. The van der Waals surface area contributed by atoms with Gasteiger partial charge in [0.1, 0.15) is 11.2 Å². The molecule has 10 rings (SSSR count). The normalized spacial score (nSPS) is 11.7. The summed E-state index contributed by atoms with van der Waals surface area (Å²) in [7, 11) is 0. The summed E-state index contributed by atoms with van der Waals surface area (Å²) in [6.07, 6.45) is 0. The monoisotopic (exact) mass is 643 g/mol. The van der Waals surface area contributed by atoms with Crippen molar-refractivity contribution in [1.29, 1.82) is 0 Å². The zero-order valence-electron chi connectivity index (χ0n) is 26.5. The van der Waals surface area contributed by atoms with Crippen LogP contribution in [0.3, 0.4) is 0 Å². The Morgan fingerprint density at radius 2 is 1.08 bits per heavy atom. The van der Waals surface area contributed by atoms with Crippen LogP contribution in [0.1, 0.15) is 0 Å². The molecule has 8 aromatic carbocycles. The van der Waals surface area contributed by atoms with E-state index in [-0.39, 0.29) is 0 Å². The maximum absolute atomic E-state index is 6.22. The molecule has 0 fully saturated rings. The minimum absolute atomic E-state index is 0.914. The molecule has 49 heavy (non-hydrogen) atoms. The molecule has 2 nitrogen and oxygen atoms in total. The fourth-order valence-corrected chi connectivity index (χ4v) is 8.44. The van der Waals surface area contributed by atoms with E-state index in [1.165, 1.54) is 47.8 Å².